The van der Waals surface area contributed by atoms with Crippen molar-refractivity contribution in [2.75, 3.05) is 6.61 Å². The van der Waals surface area contributed by atoms with Gasteiger partial charge in [-0.3, -0.25) is 4.79 Å². The number of nitrogens with zero attached hydrogens (tertiary/aromatic N) is 1. The number of aryl methyl sites for hydroxylation is 1. The van der Waals surface area contributed by atoms with Crippen molar-refractivity contribution in [1.29, 1.82) is 0 Å². The molecule has 0 saturated heterocycles. The van der Waals surface area contributed by atoms with Crippen LogP contribution in [0, 0.1) is 12.8 Å². The molecule has 1 aromatic heterocycles. The van der Waals surface area contributed by atoms with Crippen LogP contribution in [0.4, 0.5) is 0 Å². The lowest BCUT2D eigenvalue weighted by atomic mass is 9.80. The molecule has 0 aliphatic heterocycles. The Hall–Kier alpha value is -1.61. The summed E-state index contributed by atoms with van der Waals surface area (Å²) in [6.45, 7) is 2.21. The Bertz CT molecular complexity index is 638. The molecule has 0 spiro atoms. The summed E-state index contributed by atoms with van der Waals surface area (Å²) in [6.07, 6.45) is 3.71. The standard InChI is InChI=1S/C15H17NO2/c1-10-3-2-4-12-5-6-16(15(18)14(10)12)13-7-11(8-13)9-17/h2-6,11,13,17H,7-9H2,1H3. The first-order chi connectivity index (χ1) is 8.70. The molecular formula is C15H17NO2. The molecule has 3 heteroatoms. The number of hydrogen-bond donors (Lipinski definition) is 1. The molecule has 1 N–H and O–H groups in total. The van der Waals surface area contributed by atoms with Crippen LogP contribution in [0.3, 0.4) is 0 Å². The van der Waals surface area contributed by atoms with Crippen molar-refractivity contribution in [2.24, 2.45) is 5.92 Å². The van der Waals surface area contributed by atoms with Gasteiger partial charge < -0.3 is 9.67 Å². The molecule has 0 amide bonds. The molecular weight excluding hydrogens is 226 g/mol. The minimum Gasteiger partial charge on any atom is -0.396 e. The molecule has 1 aliphatic carbocycles. The molecule has 3 nitrogen and oxygen atoms in total. The summed E-state index contributed by atoms with van der Waals surface area (Å²) in [5.74, 6) is 0.370. The van der Waals surface area contributed by atoms with E-state index in [0.29, 0.717) is 5.92 Å². The van der Waals surface area contributed by atoms with Gasteiger partial charge in [0, 0.05) is 18.8 Å². The molecule has 2 aromatic rings. The third kappa shape index (κ3) is 1.66. The van der Waals surface area contributed by atoms with Crippen molar-refractivity contribution in [3.05, 3.63) is 46.4 Å². The fourth-order valence-electron chi connectivity index (χ4n) is 2.84. The van der Waals surface area contributed by atoms with Crippen LogP contribution < -0.4 is 5.56 Å². The molecule has 0 atom stereocenters. The predicted molar refractivity (Wildman–Crippen MR) is 71.8 cm³/mol. The van der Waals surface area contributed by atoms with Gasteiger partial charge in [-0.25, -0.2) is 0 Å². The molecule has 18 heavy (non-hydrogen) atoms. The molecule has 1 aromatic carbocycles. The van der Waals surface area contributed by atoms with Gasteiger partial charge in [0.15, 0.2) is 0 Å². The predicted octanol–water partition coefficient (Wildman–Crippen LogP) is 2.25. The van der Waals surface area contributed by atoms with Crippen LogP contribution in [-0.4, -0.2) is 16.3 Å². The molecule has 1 heterocycles. The normalized spacial score (nSPS) is 23.0. The Morgan fingerprint density at radius 3 is 2.83 bits per heavy atom. The number of hydrogen-bond acceptors (Lipinski definition) is 2. The Morgan fingerprint density at radius 1 is 1.33 bits per heavy atom. The first-order valence-corrected chi connectivity index (χ1v) is 6.42. The van der Waals surface area contributed by atoms with E-state index in [1.807, 2.05) is 42.0 Å². The van der Waals surface area contributed by atoms with E-state index >= 15 is 0 Å². The van der Waals surface area contributed by atoms with Crippen molar-refractivity contribution in [1.82, 2.24) is 4.57 Å². The summed E-state index contributed by atoms with van der Waals surface area (Å²) in [6, 6.07) is 8.21. The molecule has 1 saturated carbocycles. The second-order valence-corrected chi connectivity index (χ2v) is 5.24. The Balaban J connectivity index is 2.08. The molecule has 0 bridgehead atoms. The SMILES string of the molecule is Cc1cccc2ccn(C3CC(CO)C3)c(=O)c12. The summed E-state index contributed by atoms with van der Waals surface area (Å²) in [7, 11) is 0. The summed E-state index contributed by atoms with van der Waals surface area (Å²) in [5, 5.41) is 10.9. The van der Waals surface area contributed by atoms with Crippen molar-refractivity contribution in [2.45, 2.75) is 25.8 Å². The zero-order valence-corrected chi connectivity index (χ0v) is 10.5. The van der Waals surface area contributed by atoms with Gasteiger partial charge in [-0.2, -0.15) is 0 Å². The third-order valence-electron chi connectivity index (χ3n) is 4.03. The molecule has 1 fully saturated rings. The first kappa shape index (κ1) is 11.5. The second kappa shape index (κ2) is 4.25. The number of aliphatic hydroxyl groups is 1. The van der Waals surface area contributed by atoms with Gasteiger partial charge in [-0.1, -0.05) is 18.2 Å². The Labute approximate surface area is 106 Å². The summed E-state index contributed by atoms with van der Waals surface area (Å²) >= 11 is 0. The summed E-state index contributed by atoms with van der Waals surface area (Å²) in [4.78, 5) is 12.5. The van der Waals surface area contributed by atoms with Crippen LogP contribution >= 0.6 is 0 Å². The van der Waals surface area contributed by atoms with Crippen LogP contribution in [0.1, 0.15) is 24.4 Å². The number of rotatable bonds is 2. The maximum atomic E-state index is 12.5. The van der Waals surface area contributed by atoms with Crippen LogP contribution in [0.5, 0.6) is 0 Å². The maximum absolute atomic E-state index is 12.5. The molecule has 0 radical (unpaired) electrons. The molecule has 3 rings (SSSR count). The number of aliphatic hydroxyl groups excluding tert-OH is 1. The van der Waals surface area contributed by atoms with Crippen molar-refractivity contribution in [3.63, 3.8) is 0 Å². The zero-order valence-electron chi connectivity index (χ0n) is 10.5. The molecule has 1 aliphatic rings. The number of aromatic nitrogens is 1. The first-order valence-electron chi connectivity index (χ1n) is 6.42. The van der Waals surface area contributed by atoms with Gasteiger partial charge >= 0.3 is 0 Å². The van der Waals surface area contributed by atoms with Crippen molar-refractivity contribution >= 4 is 10.8 Å². The largest absolute Gasteiger partial charge is 0.396 e. The van der Waals surface area contributed by atoms with Crippen LogP contribution in [0.2, 0.25) is 0 Å². The van der Waals surface area contributed by atoms with Crippen molar-refractivity contribution < 1.29 is 5.11 Å². The highest BCUT2D eigenvalue weighted by Crippen LogP contribution is 2.36. The van der Waals surface area contributed by atoms with E-state index in [0.717, 1.165) is 29.2 Å². The van der Waals surface area contributed by atoms with Gasteiger partial charge in [-0.05, 0) is 42.7 Å². The highest BCUT2D eigenvalue weighted by atomic mass is 16.3. The lowest BCUT2D eigenvalue weighted by Gasteiger charge is -2.35. The highest BCUT2D eigenvalue weighted by molar-refractivity contribution is 5.84. The highest BCUT2D eigenvalue weighted by Gasteiger charge is 2.30. The fraction of sp³-hybridized carbons (Fsp3) is 0.400. The quantitative estimate of drug-likeness (QED) is 0.879. The van der Waals surface area contributed by atoms with E-state index in [4.69, 9.17) is 5.11 Å². The van der Waals surface area contributed by atoms with E-state index < -0.39 is 0 Å². The molecule has 94 valence electrons. The average Bonchev–Trinajstić information content (AvgIpc) is 2.30. The monoisotopic (exact) mass is 243 g/mol. The number of pyridine rings is 1. The van der Waals surface area contributed by atoms with E-state index in [9.17, 15) is 4.79 Å². The smallest absolute Gasteiger partial charge is 0.258 e. The van der Waals surface area contributed by atoms with E-state index in [1.54, 1.807) is 0 Å². The Kier molecular flexibility index (Phi) is 2.71. The van der Waals surface area contributed by atoms with Crippen LogP contribution in [0.25, 0.3) is 10.8 Å². The molecule has 0 unspecified atom stereocenters. The fourth-order valence-corrected chi connectivity index (χ4v) is 2.84. The number of fused-ring (bicyclic) bond motifs is 1. The van der Waals surface area contributed by atoms with Crippen LogP contribution in [0.15, 0.2) is 35.3 Å². The van der Waals surface area contributed by atoms with Crippen LogP contribution in [-0.2, 0) is 0 Å². The maximum Gasteiger partial charge on any atom is 0.258 e. The van der Waals surface area contributed by atoms with Crippen molar-refractivity contribution in [3.8, 4) is 0 Å². The minimum absolute atomic E-state index is 0.104. The summed E-state index contributed by atoms with van der Waals surface area (Å²) in [5.41, 5.74) is 1.14. The van der Waals surface area contributed by atoms with Gasteiger partial charge in [0.25, 0.3) is 5.56 Å². The Morgan fingerprint density at radius 2 is 2.11 bits per heavy atom. The average molecular weight is 243 g/mol. The lowest BCUT2D eigenvalue weighted by molar-refractivity contribution is 0.110. The second-order valence-electron chi connectivity index (χ2n) is 5.24. The van der Waals surface area contributed by atoms with E-state index in [2.05, 4.69) is 0 Å². The topological polar surface area (TPSA) is 42.2 Å². The van der Waals surface area contributed by atoms with Gasteiger partial charge in [0.05, 0.1) is 5.39 Å². The third-order valence-corrected chi connectivity index (χ3v) is 4.03. The zero-order chi connectivity index (χ0) is 12.7. The van der Waals surface area contributed by atoms with E-state index in [1.165, 1.54) is 0 Å². The van der Waals surface area contributed by atoms with Gasteiger partial charge in [0.1, 0.15) is 0 Å². The number of benzene rings is 1. The van der Waals surface area contributed by atoms with Gasteiger partial charge in [-0.15, -0.1) is 0 Å². The lowest BCUT2D eigenvalue weighted by Crippen LogP contribution is -2.35. The van der Waals surface area contributed by atoms with E-state index in [-0.39, 0.29) is 18.2 Å². The van der Waals surface area contributed by atoms with Gasteiger partial charge in [0.2, 0.25) is 0 Å². The summed E-state index contributed by atoms with van der Waals surface area (Å²) < 4.78 is 1.83. The minimum atomic E-state index is 0.104.